The van der Waals surface area contributed by atoms with Crippen LogP contribution >= 0.6 is 0 Å². The molecular formula is C19H18F2N2O2. The molecule has 1 N–H and O–H groups in total. The molecule has 1 aliphatic rings. The first kappa shape index (κ1) is 17.1. The lowest BCUT2D eigenvalue weighted by Gasteiger charge is -2.29. The molecular weight excluding hydrogens is 326 g/mol. The lowest BCUT2D eigenvalue weighted by Crippen LogP contribution is -2.35. The number of nitrogens with zero attached hydrogens (tertiary/aromatic N) is 1. The van der Waals surface area contributed by atoms with Gasteiger partial charge in [0.25, 0.3) is 5.91 Å². The second kappa shape index (κ2) is 7.01. The van der Waals surface area contributed by atoms with Crippen molar-refractivity contribution < 1.29 is 18.4 Å². The predicted octanol–water partition coefficient (Wildman–Crippen LogP) is 3.51. The Hall–Kier alpha value is -2.76. The Balaban J connectivity index is 1.81. The normalized spacial score (nSPS) is 13.3. The van der Waals surface area contributed by atoms with E-state index in [4.69, 9.17) is 0 Å². The van der Waals surface area contributed by atoms with Crippen LogP contribution in [0.4, 0.5) is 14.5 Å². The number of rotatable bonds is 3. The average Bonchev–Trinajstić information content (AvgIpc) is 2.60. The smallest absolute Gasteiger partial charge is 0.261 e. The van der Waals surface area contributed by atoms with Crippen molar-refractivity contribution >= 4 is 17.5 Å². The first-order valence-corrected chi connectivity index (χ1v) is 8.14. The van der Waals surface area contributed by atoms with Gasteiger partial charge in [-0.25, -0.2) is 8.78 Å². The van der Waals surface area contributed by atoms with Crippen molar-refractivity contribution in [2.45, 2.75) is 26.3 Å². The molecule has 0 atom stereocenters. The Morgan fingerprint density at radius 2 is 1.84 bits per heavy atom. The van der Waals surface area contributed by atoms with Crippen LogP contribution in [0.3, 0.4) is 0 Å². The quantitative estimate of drug-likeness (QED) is 0.926. The van der Waals surface area contributed by atoms with E-state index in [2.05, 4.69) is 5.32 Å². The largest absolute Gasteiger partial charge is 0.338 e. The van der Waals surface area contributed by atoms with E-state index in [1.54, 1.807) is 17.0 Å². The summed E-state index contributed by atoms with van der Waals surface area (Å²) in [5.74, 6) is -2.58. The van der Waals surface area contributed by atoms with E-state index in [0.29, 0.717) is 25.2 Å². The predicted molar refractivity (Wildman–Crippen MR) is 90.2 cm³/mol. The van der Waals surface area contributed by atoms with Gasteiger partial charge in [0.15, 0.2) is 0 Å². The topological polar surface area (TPSA) is 49.4 Å². The standard InChI is InChI=1S/C19H18F2N2O2/c1-2-17(24)23-9-8-12-6-7-14(10-13(12)11-23)22-19(25)18-15(20)4-3-5-16(18)21/h3-7,10H,2,8-9,11H2,1H3,(H,22,25). The molecule has 0 spiro atoms. The SMILES string of the molecule is CCC(=O)N1CCc2ccc(NC(=O)c3c(F)cccc3F)cc2C1. The van der Waals surface area contributed by atoms with Crippen LogP contribution in [-0.2, 0) is 17.8 Å². The number of benzene rings is 2. The van der Waals surface area contributed by atoms with Gasteiger partial charge < -0.3 is 10.2 Å². The van der Waals surface area contributed by atoms with Gasteiger partial charge in [0, 0.05) is 25.2 Å². The minimum Gasteiger partial charge on any atom is -0.338 e. The number of hydrogen-bond donors (Lipinski definition) is 1. The summed E-state index contributed by atoms with van der Waals surface area (Å²) in [6, 6.07) is 8.61. The average molecular weight is 344 g/mol. The van der Waals surface area contributed by atoms with Crippen molar-refractivity contribution in [1.82, 2.24) is 4.90 Å². The highest BCUT2D eigenvalue weighted by molar-refractivity contribution is 6.04. The molecule has 2 amide bonds. The van der Waals surface area contributed by atoms with E-state index in [-0.39, 0.29) is 5.91 Å². The third-order valence-electron chi connectivity index (χ3n) is 4.32. The first-order valence-electron chi connectivity index (χ1n) is 8.14. The zero-order valence-electron chi connectivity index (χ0n) is 13.8. The van der Waals surface area contributed by atoms with Gasteiger partial charge in [0.05, 0.1) is 0 Å². The van der Waals surface area contributed by atoms with Gasteiger partial charge in [0.2, 0.25) is 5.91 Å². The monoisotopic (exact) mass is 344 g/mol. The number of amides is 2. The molecule has 130 valence electrons. The Labute approximate surface area is 144 Å². The minimum atomic E-state index is -0.907. The van der Waals surface area contributed by atoms with Crippen LogP contribution in [0.1, 0.15) is 34.8 Å². The molecule has 2 aromatic rings. The molecule has 0 fully saturated rings. The zero-order chi connectivity index (χ0) is 18.0. The van der Waals surface area contributed by atoms with Crippen molar-refractivity contribution in [2.24, 2.45) is 0 Å². The summed E-state index contributed by atoms with van der Waals surface area (Å²) < 4.78 is 27.4. The summed E-state index contributed by atoms with van der Waals surface area (Å²) in [6.07, 6.45) is 1.19. The highest BCUT2D eigenvalue weighted by atomic mass is 19.1. The van der Waals surface area contributed by atoms with Crippen LogP contribution < -0.4 is 5.32 Å². The van der Waals surface area contributed by atoms with Crippen molar-refractivity contribution in [3.63, 3.8) is 0 Å². The number of halogens is 2. The maximum Gasteiger partial charge on any atom is 0.261 e. The summed E-state index contributed by atoms with van der Waals surface area (Å²) >= 11 is 0. The maximum absolute atomic E-state index is 13.7. The van der Waals surface area contributed by atoms with E-state index in [1.165, 1.54) is 6.07 Å². The summed E-state index contributed by atoms with van der Waals surface area (Å²) in [7, 11) is 0. The Kier molecular flexibility index (Phi) is 4.79. The molecule has 1 heterocycles. The van der Waals surface area contributed by atoms with Crippen LogP contribution in [0.25, 0.3) is 0 Å². The van der Waals surface area contributed by atoms with Gasteiger partial charge in [-0.1, -0.05) is 19.1 Å². The second-order valence-electron chi connectivity index (χ2n) is 5.95. The fraction of sp³-hybridized carbons (Fsp3) is 0.263. The molecule has 4 nitrogen and oxygen atoms in total. The highest BCUT2D eigenvalue weighted by Crippen LogP contribution is 2.24. The Morgan fingerprint density at radius 1 is 1.12 bits per heavy atom. The van der Waals surface area contributed by atoms with Gasteiger partial charge in [-0.05, 0) is 41.8 Å². The van der Waals surface area contributed by atoms with Crippen molar-refractivity contribution in [2.75, 3.05) is 11.9 Å². The van der Waals surface area contributed by atoms with Crippen molar-refractivity contribution in [3.05, 3.63) is 64.7 Å². The maximum atomic E-state index is 13.7. The number of carbonyl (C=O) groups is 2. The van der Waals surface area contributed by atoms with Crippen molar-refractivity contribution in [1.29, 1.82) is 0 Å². The van der Waals surface area contributed by atoms with E-state index < -0.39 is 23.1 Å². The molecule has 3 rings (SSSR count). The molecule has 0 saturated heterocycles. The number of fused-ring (bicyclic) bond motifs is 1. The molecule has 25 heavy (non-hydrogen) atoms. The van der Waals surface area contributed by atoms with Crippen LogP contribution in [-0.4, -0.2) is 23.3 Å². The van der Waals surface area contributed by atoms with Gasteiger partial charge >= 0.3 is 0 Å². The molecule has 1 aliphatic heterocycles. The summed E-state index contributed by atoms with van der Waals surface area (Å²) in [6.45, 7) is 2.96. The van der Waals surface area contributed by atoms with E-state index in [1.807, 2.05) is 13.0 Å². The molecule has 0 aliphatic carbocycles. The Bertz CT molecular complexity index is 816. The summed E-state index contributed by atoms with van der Waals surface area (Å²) in [5, 5.41) is 2.53. The fourth-order valence-electron chi connectivity index (χ4n) is 2.98. The van der Waals surface area contributed by atoms with E-state index >= 15 is 0 Å². The molecule has 0 unspecified atom stereocenters. The summed E-state index contributed by atoms with van der Waals surface area (Å²) in [4.78, 5) is 25.8. The molecule has 0 radical (unpaired) electrons. The minimum absolute atomic E-state index is 0.0773. The van der Waals surface area contributed by atoms with Crippen LogP contribution in [0.2, 0.25) is 0 Å². The zero-order valence-corrected chi connectivity index (χ0v) is 13.8. The fourth-order valence-corrected chi connectivity index (χ4v) is 2.98. The molecule has 6 heteroatoms. The van der Waals surface area contributed by atoms with Crippen LogP contribution in [0.15, 0.2) is 36.4 Å². The van der Waals surface area contributed by atoms with Crippen LogP contribution in [0, 0.1) is 11.6 Å². The molecule has 0 aromatic heterocycles. The molecule has 2 aromatic carbocycles. The van der Waals surface area contributed by atoms with Gasteiger partial charge in [-0.2, -0.15) is 0 Å². The Morgan fingerprint density at radius 3 is 2.52 bits per heavy atom. The van der Waals surface area contributed by atoms with Crippen LogP contribution in [0.5, 0.6) is 0 Å². The summed E-state index contributed by atoms with van der Waals surface area (Å²) in [5.41, 5.74) is 1.87. The third kappa shape index (κ3) is 3.52. The lowest BCUT2D eigenvalue weighted by atomic mass is 9.98. The van der Waals surface area contributed by atoms with Gasteiger partial charge in [-0.15, -0.1) is 0 Å². The lowest BCUT2D eigenvalue weighted by molar-refractivity contribution is -0.131. The molecule has 0 bridgehead atoms. The van der Waals surface area contributed by atoms with E-state index in [0.717, 1.165) is 29.7 Å². The van der Waals surface area contributed by atoms with E-state index in [9.17, 15) is 18.4 Å². The number of carbonyl (C=O) groups excluding carboxylic acids is 2. The first-order chi connectivity index (χ1) is 12.0. The number of hydrogen-bond acceptors (Lipinski definition) is 2. The molecule has 0 saturated carbocycles. The van der Waals surface area contributed by atoms with Gasteiger partial charge in [0.1, 0.15) is 17.2 Å². The van der Waals surface area contributed by atoms with Crippen molar-refractivity contribution in [3.8, 4) is 0 Å². The third-order valence-corrected chi connectivity index (χ3v) is 4.32. The second-order valence-corrected chi connectivity index (χ2v) is 5.95. The van der Waals surface area contributed by atoms with Gasteiger partial charge in [-0.3, -0.25) is 9.59 Å². The number of anilines is 1. The number of nitrogens with one attached hydrogen (secondary N) is 1. The highest BCUT2D eigenvalue weighted by Gasteiger charge is 2.21.